The van der Waals surface area contributed by atoms with Crippen LogP contribution in [0.4, 0.5) is 5.69 Å². The third kappa shape index (κ3) is 4.15. The maximum Gasteiger partial charge on any atom is 0.271 e. The predicted molar refractivity (Wildman–Crippen MR) is 118 cm³/mol. The highest BCUT2D eigenvalue weighted by Gasteiger charge is 2.42. The summed E-state index contributed by atoms with van der Waals surface area (Å²) in [7, 11) is 0. The number of thiophene rings is 1. The summed E-state index contributed by atoms with van der Waals surface area (Å²) < 4.78 is 0. The second-order valence-corrected chi connectivity index (χ2v) is 8.80. The highest BCUT2D eigenvalue weighted by molar-refractivity contribution is 7.12. The number of hydroxylamine groups is 2. The molecule has 1 aliphatic rings. The fourth-order valence-electron chi connectivity index (χ4n) is 3.61. The Morgan fingerprint density at radius 2 is 1.80 bits per heavy atom. The fourth-order valence-corrected chi connectivity index (χ4v) is 4.28. The van der Waals surface area contributed by atoms with Gasteiger partial charge >= 0.3 is 0 Å². The number of fused-ring (bicyclic) bond motifs is 1. The van der Waals surface area contributed by atoms with E-state index in [0.29, 0.717) is 4.88 Å². The number of ketones is 1. The largest absolute Gasteiger partial charge is 0.371 e. The van der Waals surface area contributed by atoms with Crippen LogP contribution < -0.4 is 5.32 Å². The number of hydrogen-bond acceptors (Lipinski definition) is 5. The molecule has 1 N–H and O–H groups in total. The smallest absolute Gasteiger partial charge is 0.271 e. The van der Waals surface area contributed by atoms with Gasteiger partial charge in [0.1, 0.15) is 12.1 Å². The van der Waals surface area contributed by atoms with Gasteiger partial charge in [0.05, 0.1) is 10.9 Å². The van der Waals surface area contributed by atoms with Crippen molar-refractivity contribution in [3.05, 3.63) is 88.1 Å². The molecule has 154 valence electrons. The molecule has 5 nitrogen and oxygen atoms in total. The Bertz CT molecular complexity index is 1030. The van der Waals surface area contributed by atoms with Crippen LogP contribution in [-0.2, 0) is 16.2 Å². The number of carbonyl (C=O) groups excluding carboxylic acids is 2. The first-order valence-corrected chi connectivity index (χ1v) is 10.8. The van der Waals surface area contributed by atoms with Gasteiger partial charge < -0.3 is 5.32 Å². The van der Waals surface area contributed by atoms with Crippen LogP contribution in [0.3, 0.4) is 0 Å². The maximum absolute atomic E-state index is 13.5. The van der Waals surface area contributed by atoms with Crippen molar-refractivity contribution in [2.75, 3.05) is 5.32 Å². The van der Waals surface area contributed by atoms with Gasteiger partial charge in [-0.3, -0.25) is 14.4 Å². The molecule has 2 heterocycles. The van der Waals surface area contributed by atoms with Crippen LogP contribution in [-0.4, -0.2) is 22.3 Å². The number of anilines is 1. The summed E-state index contributed by atoms with van der Waals surface area (Å²) in [6.45, 7) is 3.90. The molecule has 2 aromatic carbocycles. The van der Waals surface area contributed by atoms with Crippen LogP contribution in [0.2, 0.25) is 0 Å². The van der Waals surface area contributed by atoms with E-state index in [2.05, 4.69) is 5.32 Å². The fraction of sp³-hybridized carbons (Fsp3) is 0.250. The predicted octanol–water partition coefficient (Wildman–Crippen LogP) is 5.23. The van der Waals surface area contributed by atoms with Gasteiger partial charge in [0.25, 0.3) is 5.91 Å². The first-order chi connectivity index (χ1) is 14.5. The molecule has 0 unspecified atom stereocenters. The molecule has 0 spiro atoms. The van der Waals surface area contributed by atoms with E-state index in [-0.39, 0.29) is 24.7 Å². The highest BCUT2D eigenvalue weighted by atomic mass is 32.1. The van der Waals surface area contributed by atoms with Gasteiger partial charge in [-0.2, -0.15) is 0 Å². The van der Waals surface area contributed by atoms with E-state index in [1.807, 2.05) is 86.0 Å². The Morgan fingerprint density at radius 1 is 1.07 bits per heavy atom. The lowest BCUT2D eigenvalue weighted by atomic mass is 9.99. The molecule has 1 atom stereocenters. The summed E-state index contributed by atoms with van der Waals surface area (Å²) in [5.74, 6) is -0.218. The second kappa shape index (κ2) is 8.42. The minimum Gasteiger partial charge on any atom is -0.371 e. The first kappa shape index (κ1) is 20.3. The lowest BCUT2D eigenvalue weighted by Gasteiger charge is -2.33. The van der Waals surface area contributed by atoms with E-state index >= 15 is 0 Å². The number of Topliss-reactive ketones (excluding diaryl/α,β-unsaturated/α-hetero) is 1. The maximum atomic E-state index is 13.5. The standard InChI is InChI=1S/C24H24N2O3S/c1-24(2)23(28)26(29-16-17-9-4-3-5-10-17)20(15-21(27)22-13-8-14-30-22)18-11-6-7-12-19(18)25-24/h3-14,20,25H,15-16H2,1-2H3/t20-/m1/s1. The van der Waals surface area contributed by atoms with E-state index in [0.717, 1.165) is 16.8 Å². The minimum absolute atomic E-state index is 0.00868. The Labute approximate surface area is 180 Å². The van der Waals surface area contributed by atoms with Crippen molar-refractivity contribution in [1.29, 1.82) is 0 Å². The van der Waals surface area contributed by atoms with Gasteiger partial charge in [-0.25, -0.2) is 5.06 Å². The van der Waals surface area contributed by atoms with Crippen LogP contribution in [0.5, 0.6) is 0 Å². The van der Waals surface area contributed by atoms with Gasteiger partial charge in [0, 0.05) is 17.7 Å². The highest BCUT2D eigenvalue weighted by Crippen LogP contribution is 2.38. The van der Waals surface area contributed by atoms with Crippen molar-refractivity contribution in [3.63, 3.8) is 0 Å². The summed E-state index contributed by atoms with van der Waals surface area (Å²) in [4.78, 5) is 33.2. The number of para-hydroxylation sites is 1. The zero-order valence-corrected chi connectivity index (χ0v) is 17.8. The lowest BCUT2D eigenvalue weighted by Crippen LogP contribution is -2.49. The third-order valence-corrected chi connectivity index (χ3v) is 6.08. The summed E-state index contributed by atoms with van der Waals surface area (Å²) in [5.41, 5.74) is 1.78. The van der Waals surface area contributed by atoms with E-state index in [4.69, 9.17) is 4.84 Å². The number of hydrogen-bond donors (Lipinski definition) is 1. The Kier molecular flexibility index (Phi) is 5.70. The zero-order chi connectivity index (χ0) is 21.1. The van der Waals surface area contributed by atoms with Crippen molar-refractivity contribution in [2.24, 2.45) is 0 Å². The number of benzene rings is 2. The van der Waals surface area contributed by atoms with Gasteiger partial charge in [-0.05, 0) is 36.9 Å². The van der Waals surface area contributed by atoms with Gasteiger partial charge in [0.15, 0.2) is 5.78 Å². The minimum atomic E-state index is -0.881. The molecular formula is C24H24N2O3S. The number of nitrogens with one attached hydrogen (secondary N) is 1. The Balaban J connectivity index is 1.71. The molecule has 0 saturated carbocycles. The topological polar surface area (TPSA) is 58.6 Å². The van der Waals surface area contributed by atoms with Crippen molar-refractivity contribution in [2.45, 2.75) is 38.5 Å². The average molecular weight is 421 g/mol. The summed E-state index contributed by atoms with van der Waals surface area (Å²) in [6.07, 6.45) is 0.149. The Morgan fingerprint density at radius 3 is 2.53 bits per heavy atom. The van der Waals surface area contributed by atoms with Crippen molar-refractivity contribution >= 4 is 28.7 Å². The molecule has 0 radical (unpaired) electrons. The SMILES string of the molecule is CC1(C)Nc2ccccc2[C@@H](CC(=O)c2cccs2)N(OCc2ccccc2)C1=O. The number of carbonyl (C=O) groups is 2. The molecule has 1 aliphatic heterocycles. The molecule has 0 bridgehead atoms. The molecule has 1 aromatic heterocycles. The molecule has 0 aliphatic carbocycles. The average Bonchev–Trinajstić information content (AvgIpc) is 3.26. The van der Waals surface area contributed by atoms with E-state index < -0.39 is 11.6 Å². The summed E-state index contributed by atoms with van der Waals surface area (Å²) in [6, 6.07) is 20.6. The zero-order valence-electron chi connectivity index (χ0n) is 17.0. The molecule has 30 heavy (non-hydrogen) atoms. The summed E-state index contributed by atoms with van der Waals surface area (Å²) >= 11 is 1.41. The van der Waals surface area contributed by atoms with E-state index in [1.54, 1.807) is 0 Å². The molecule has 1 amide bonds. The van der Waals surface area contributed by atoms with E-state index in [9.17, 15) is 9.59 Å². The van der Waals surface area contributed by atoms with Crippen LogP contribution in [0.15, 0.2) is 72.1 Å². The second-order valence-electron chi connectivity index (χ2n) is 7.85. The van der Waals surface area contributed by atoms with E-state index in [1.165, 1.54) is 16.4 Å². The van der Waals surface area contributed by atoms with Gasteiger partial charge in [0.2, 0.25) is 0 Å². The molecular weight excluding hydrogens is 396 g/mol. The van der Waals surface area contributed by atoms with Crippen molar-refractivity contribution < 1.29 is 14.4 Å². The quantitative estimate of drug-likeness (QED) is 0.555. The van der Waals surface area contributed by atoms with Crippen molar-refractivity contribution in [1.82, 2.24) is 5.06 Å². The normalized spacial score (nSPS) is 17.7. The van der Waals surface area contributed by atoms with Crippen LogP contribution in [0.1, 0.15) is 47.1 Å². The molecule has 3 aromatic rings. The van der Waals surface area contributed by atoms with Crippen LogP contribution >= 0.6 is 11.3 Å². The lowest BCUT2D eigenvalue weighted by molar-refractivity contribution is -0.209. The Hall–Kier alpha value is -2.96. The molecule has 6 heteroatoms. The number of nitrogens with zero attached hydrogens (tertiary/aromatic N) is 1. The molecule has 0 fully saturated rings. The number of amides is 1. The molecule has 0 saturated heterocycles. The summed E-state index contributed by atoms with van der Waals surface area (Å²) in [5, 5.41) is 6.62. The molecule has 4 rings (SSSR count). The number of rotatable bonds is 6. The van der Waals surface area contributed by atoms with Crippen LogP contribution in [0.25, 0.3) is 0 Å². The first-order valence-electron chi connectivity index (χ1n) is 9.90. The third-order valence-electron chi connectivity index (χ3n) is 5.17. The van der Waals surface area contributed by atoms with Gasteiger partial charge in [-0.15, -0.1) is 11.3 Å². The van der Waals surface area contributed by atoms with Crippen LogP contribution in [0, 0.1) is 0 Å². The van der Waals surface area contributed by atoms with Crippen molar-refractivity contribution in [3.8, 4) is 0 Å². The van der Waals surface area contributed by atoms with Gasteiger partial charge in [-0.1, -0.05) is 54.6 Å². The monoisotopic (exact) mass is 420 g/mol.